The summed E-state index contributed by atoms with van der Waals surface area (Å²) in [5.74, 6) is -3.83. The van der Waals surface area contributed by atoms with Gasteiger partial charge in [0.05, 0.1) is 59.3 Å². The van der Waals surface area contributed by atoms with E-state index in [2.05, 4.69) is 22.9 Å². The summed E-state index contributed by atoms with van der Waals surface area (Å²) in [7, 11) is 0. The number of carboxylic acids is 1. The Morgan fingerprint density at radius 2 is 1.22 bits per heavy atom. The number of hydrogen-bond acceptors (Lipinski definition) is 9. The number of unbranched alkanes of at least 4 members (excludes halogenated alkanes) is 2. The summed E-state index contributed by atoms with van der Waals surface area (Å²) >= 11 is 0. The van der Waals surface area contributed by atoms with Crippen molar-refractivity contribution in [3.8, 4) is 16.9 Å². The van der Waals surface area contributed by atoms with Gasteiger partial charge in [0.25, 0.3) is 0 Å². The van der Waals surface area contributed by atoms with E-state index in [9.17, 15) is 23.6 Å². The summed E-state index contributed by atoms with van der Waals surface area (Å²) in [6, 6.07) is 10.8. The van der Waals surface area contributed by atoms with Gasteiger partial charge in [-0.05, 0) is 60.8 Å². The van der Waals surface area contributed by atoms with Gasteiger partial charge in [0.1, 0.15) is 19.8 Å². The van der Waals surface area contributed by atoms with E-state index in [1.165, 1.54) is 69.1 Å². The highest BCUT2D eigenvalue weighted by molar-refractivity contribution is 5.89. The molecule has 3 rings (SSSR count). The monoisotopic (exact) mass is 763 g/mol. The van der Waals surface area contributed by atoms with Gasteiger partial charge in [0.15, 0.2) is 11.6 Å². The maximum Gasteiger partial charge on any atom is 0.322 e. The summed E-state index contributed by atoms with van der Waals surface area (Å²) in [5.41, 5.74) is 2.09. The molecule has 0 aliphatic heterocycles. The normalized spacial score (nSPS) is 15.4. The lowest BCUT2D eigenvalue weighted by molar-refractivity contribution is -0.137. The highest BCUT2D eigenvalue weighted by Gasteiger charge is 2.23. The van der Waals surface area contributed by atoms with E-state index < -0.39 is 48.4 Å². The minimum atomic E-state index is -1.21. The molecule has 0 aromatic heterocycles. The van der Waals surface area contributed by atoms with Crippen LogP contribution in [0.2, 0.25) is 0 Å². The summed E-state index contributed by atoms with van der Waals surface area (Å²) in [6.45, 7) is 2.26. The van der Waals surface area contributed by atoms with Crippen LogP contribution in [0.3, 0.4) is 0 Å². The number of halogens is 2. The Morgan fingerprint density at radius 1 is 0.667 bits per heavy atom. The second kappa shape index (κ2) is 25.8. The van der Waals surface area contributed by atoms with Crippen LogP contribution in [0.1, 0.15) is 69.8 Å². The van der Waals surface area contributed by atoms with Crippen LogP contribution in [0.25, 0.3) is 11.1 Å². The predicted octanol–water partition coefficient (Wildman–Crippen LogP) is 4.36. The molecule has 1 aliphatic carbocycles. The molecule has 300 valence electrons. The average molecular weight is 764 g/mol. The van der Waals surface area contributed by atoms with Crippen molar-refractivity contribution in [2.45, 2.75) is 64.2 Å². The highest BCUT2D eigenvalue weighted by atomic mass is 19.2. The molecule has 0 radical (unpaired) electrons. The molecule has 13 nitrogen and oxygen atoms in total. The minimum Gasteiger partial charge on any atom is -0.488 e. The molecule has 0 bridgehead atoms. The molecule has 2 aromatic rings. The predicted molar refractivity (Wildman–Crippen MR) is 196 cm³/mol. The average Bonchev–Trinajstić information content (AvgIpc) is 3.17. The first kappa shape index (κ1) is 44.2. The third-order valence-corrected chi connectivity index (χ3v) is 8.97. The number of amides is 3. The lowest BCUT2D eigenvalue weighted by Crippen LogP contribution is -2.43. The second-order valence-electron chi connectivity index (χ2n) is 13.0. The van der Waals surface area contributed by atoms with E-state index in [0.29, 0.717) is 18.1 Å². The summed E-state index contributed by atoms with van der Waals surface area (Å²) in [5, 5.41) is 15.1. The Morgan fingerprint density at radius 3 is 1.81 bits per heavy atom. The van der Waals surface area contributed by atoms with Crippen LogP contribution >= 0.6 is 0 Å². The van der Waals surface area contributed by atoms with Crippen molar-refractivity contribution < 1.29 is 56.7 Å². The Labute approximate surface area is 315 Å². The first-order valence-electron chi connectivity index (χ1n) is 18.7. The fourth-order valence-corrected chi connectivity index (χ4v) is 6.01. The fourth-order valence-electron chi connectivity index (χ4n) is 6.01. The zero-order chi connectivity index (χ0) is 39.0. The smallest absolute Gasteiger partial charge is 0.322 e. The number of aliphatic carboxylic acids is 1. The van der Waals surface area contributed by atoms with E-state index in [-0.39, 0.29) is 70.7 Å². The fraction of sp³-hybridized carbons (Fsp3) is 0.590. The first-order chi connectivity index (χ1) is 26.2. The van der Waals surface area contributed by atoms with E-state index in [1.54, 1.807) is 0 Å². The molecule has 0 unspecified atom stereocenters. The lowest BCUT2D eigenvalue weighted by atomic mass is 9.77. The van der Waals surface area contributed by atoms with Crippen molar-refractivity contribution in [1.29, 1.82) is 0 Å². The molecule has 1 saturated carbocycles. The number of carbonyl (C=O) groups excluding carboxylic acids is 3. The number of carboxylic acid groups (broad SMARTS) is 1. The van der Waals surface area contributed by atoms with Crippen molar-refractivity contribution in [2.75, 3.05) is 79.1 Å². The molecule has 0 saturated heterocycles. The zero-order valence-electron chi connectivity index (χ0n) is 31.1. The van der Waals surface area contributed by atoms with Gasteiger partial charge in [-0.25, -0.2) is 4.39 Å². The molecule has 4 N–H and O–H groups in total. The highest BCUT2D eigenvalue weighted by Crippen LogP contribution is 2.38. The molecule has 1 fully saturated rings. The number of carbonyl (C=O) groups is 4. The second-order valence-corrected chi connectivity index (χ2v) is 13.0. The lowest BCUT2D eigenvalue weighted by Gasteiger charge is -2.29. The zero-order valence-corrected chi connectivity index (χ0v) is 31.1. The van der Waals surface area contributed by atoms with E-state index in [1.807, 2.05) is 24.3 Å². The van der Waals surface area contributed by atoms with Gasteiger partial charge in [-0.1, -0.05) is 56.9 Å². The number of benzene rings is 2. The van der Waals surface area contributed by atoms with E-state index in [4.69, 9.17) is 28.8 Å². The maximum atomic E-state index is 15.0. The maximum absolute atomic E-state index is 15.0. The molecule has 1 aliphatic rings. The van der Waals surface area contributed by atoms with Crippen LogP contribution in [0.5, 0.6) is 5.75 Å². The van der Waals surface area contributed by atoms with Crippen LogP contribution in [0.4, 0.5) is 8.78 Å². The molecule has 3 amide bonds. The molecular weight excluding hydrogens is 708 g/mol. The number of ether oxygens (including phenoxy) is 5. The molecule has 0 atom stereocenters. The Hall–Kier alpha value is -4.18. The van der Waals surface area contributed by atoms with Gasteiger partial charge < -0.3 is 44.7 Å². The van der Waals surface area contributed by atoms with E-state index >= 15 is 4.39 Å². The Balaban J connectivity index is 1.17. The third-order valence-electron chi connectivity index (χ3n) is 8.97. The van der Waals surface area contributed by atoms with Crippen LogP contribution in [-0.2, 0) is 38.1 Å². The molecule has 0 spiro atoms. The molecule has 54 heavy (non-hydrogen) atoms. The first-order valence-corrected chi connectivity index (χ1v) is 18.7. The largest absolute Gasteiger partial charge is 0.488 e. The number of rotatable bonds is 27. The van der Waals surface area contributed by atoms with Crippen LogP contribution < -0.4 is 20.7 Å². The Kier molecular flexibility index (Phi) is 21.1. The van der Waals surface area contributed by atoms with Crippen LogP contribution in [0.15, 0.2) is 36.4 Å². The summed E-state index contributed by atoms with van der Waals surface area (Å²) in [6.07, 6.45) is 10.1. The van der Waals surface area contributed by atoms with Gasteiger partial charge in [-0.2, -0.15) is 4.39 Å². The van der Waals surface area contributed by atoms with Gasteiger partial charge in [-0.3, -0.25) is 19.2 Å². The quantitative estimate of drug-likeness (QED) is 0.0959. The number of hydrogen-bond donors (Lipinski definition) is 4. The van der Waals surface area contributed by atoms with Crippen molar-refractivity contribution >= 4 is 23.7 Å². The van der Waals surface area contributed by atoms with Gasteiger partial charge in [0, 0.05) is 5.56 Å². The Bertz CT molecular complexity index is 1440. The van der Waals surface area contributed by atoms with Gasteiger partial charge in [0.2, 0.25) is 23.5 Å². The van der Waals surface area contributed by atoms with Crippen molar-refractivity contribution in [3.05, 3.63) is 53.6 Å². The molecule has 2 aromatic carbocycles. The van der Waals surface area contributed by atoms with Crippen molar-refractivity contribution in [1.82, 2.24) is 16.0 Å². The summed E-state index contributed by atoms with van der Waals surface area (Å²) in [4.78, 5) is 45.1. The summed E-state index contributed by atoms with van der Waals surface area (Å²) < 4.78 is 56.7. The minimum absolute atomic E-state index is 0.0362. The molecule has 0 heterocycles. The topological polar surface area (TPSA) is 171 Å². The standard InChI is InChI=1S/C39H55F2N3O10/c1-2-3-4-5-28-6-8-29(9-7-28)30-10-12-31(13-11-30)32-14-15-33(39(41)38(32)40)54-23-22-52-19-18-50-16-17-51-20-21-53-27-36(47)43-25-34(45)42-24-35(46)44-26-37(48)49/h10-15,28-29H,2-9,16-27H2,1H3,(H,42,45)(H,43,47)(H,44,46)(H,48,49). The van der Waals surface area contributed by atoms with Gasteiger partial charge >= 0.3 is 5.97 Å². The van der Waals surface area contributed by atoms with Crippen molar-refractivity contribution in [2.24, 2.45) is 5.92 Å². The van der Waals surface area contributed by atoms with Crippen LogP contribution in [-0.4, -0.2) is 108 Å². The van der Waals surface area contributed by atoms with Crippen LogP contribution in [0, 0.1) is 17.6 Å². The third kappa shape index (κ3) is 17.3. The number of nitrogens with one attached hydrogen (secondary N) is 3. The molecular formula is C39H55F2N3O10. The van der Waals surface area contributed by atoms with Gasteiger partial charge in [-0.15, -0.1) is 0 Å². The van der Waals surface area contributed by atoms with E-state index in [0.717, 1.165) is 5.92 Å². The van der Waals surface area contributed by atoms with Crippen molar-refractivity contribution in [3.63, 3.8) is 0 Å². The molecule has 15 heteroatoms. The SMILES string of the molecule is CCCCCC1CCC(c2ccc(-c3ccc(OCCOCCOCCOCCOCC(=O)NCC(=O)NCC(=O)NCC(=O)O)c(F)c3F)cc2)CC1.